The van der Waals surface area contributed by atoms with E-state index in [1.54, 1.807) is 22.8 Å². The van der Waals surface area contributed by atoms with Crippen molar-refractivity contribution in [2.75, 3.05) is 12.3 Å². The largest absolute Gasteiger partial charge is 0.334 e. The number of carbonyl (C=O) groups excluding carboxylic acids is 2. The van der Waals surface area contributed by atoms with Crippen molar-refractivity contribution in [3.8, 4) is 0 Å². The number of urea groups is 1. The van der Waals surface area contributed by atoms with E-state index in [-0.39, 0.29) is 17.9 Å². The van der Waals surface area contributed by atoms with E-state index in [4.69, 9.17) is 0 Å². The van der Waals surface area contributed by atoms with Crippen molar-refractivity contribution < 1.29 is 9.59 Å². The third kappa shape index (κ3) is 4.93. The number of carbonyl (C=O) groups is 2. The monoisotopic (exact) mass is 360 g/mol. The molecule has 0 saturated heterocycles. The molecule has 0 saturated carbocycles. The van der Waals surface area contributed by atoms with Crippen molar-refractivity contribution >= 4 is 34.6 Å². The highest BCUT2D eigenvalue weighted by Crippen LogP contribution is 2.17. The molecule has 7 nitrogen and oxygen atoms in total. The third-order valence-corrected chi connectivity index (χ3v) is 4.24. The fourth-order valence-corrected chi connectivity index (χ4v) is 3.01. The second-order valence-corrected chi connectivity index (χ2v) is 6.15. The number of rotatable bonds is 7. The molecule has 2 N–H and O–H groups in total. The molecule has 8 heteroatoms. The second-order valence-electron chi connectivity index (χ2n) is 5.20. The SMILES string of the molecule is C=CCNC(=O)NC(=O)CSc1nc2ccccc2c(=O)n1CCC. The highest BCUT2D eigenvalue weighted by molar-refractivity contribution is 7.99. The molecule has 1 aromatic heterocycles. The number of nitrogens with one attached hydrogen (secondary N) is 2. The summed E-state index contributed by atoms with van der Waals surface area (Å²) in [6, 6.07) is 6.53. The number of hydrogen-bond acceptors (Lipinski definition) is 5. The molecule has 0 bridgehead atoms. The lowest BCUT2D eigenvalue weighted by molar-refractivity contribution is -0.117. The van der Waals surface area contributed by atoms with Crippen LogP contribution in [0.1, 0.15) is 13.3 Å². The minimum Gasteiger partial charge on any atom is -0.334 e. The molecule has 0 aliphatic heterocycles. The molecule has 3 amide bonds. The Bertz CT molecular complexity index is 847. The van der Waals surface area contributed by atoms with Crippen LogP contribution >= 0.6 is 11.8 Å². The van der Waals surface area contributed by atoms with Crippen LogP contribution in [-0.4, -0.2) is 33.8 Å². The van der Waals surface area contributed by atoms with Gasteiger partial charge in [0.15, 0.2) is 5.16 Å². The molecule has 0 atom stereocenters. The van der Waals surface area contributed by atoms with Crippen LogP contribution in [0.4, 0.5) is 4.79 Å². The Morgan fingerprint density at radius 2 is 2.12 bits per heavy atom. The normalized spacial score (nSPS) is 10.4. The second kappa shape index (κ2) is 9.03. The first-order chi connectivity index (χ1) is 12.1. The van der Waals surface area contributed by atoms with Crippen LogP contribution in [0.5, 0.6) is 0 Å². The van der Waals surface area contributed by atoms with E-state index in [1.165, 1.54) is 6.08 Å². The topological polar surface area (TPSA) is 93.1 Å². The number of fused-ring (bicyclic) bond motifs is 1. The van der Waals surface area contributed by atoms with E-state index in [0.29, 0.717) is 22.6 Å². The minimum atomic E-state index is -0.581. The van der Waals surface area contributed by atoms with E-state index in [0.717, 1.165) is 18.2 Å². The van der Waals surface area contributed by atoms with Gasteiger partial charge in [0.2, 0.25) is 5.91 Å². The Hall–Kier alpha value is -2.61. The molecule has 0 fully saturated rings. The third-order valence-electron chi connectivity index (χ3n) is 3.27. The van der Waals surface area contributed by atoms with Gasteiger partial charge in [-0.3, -0.25) is 19.5 Å². The van der Waals surface area contributed by atoms with Crippen molar-refractivity contribution in [2.24, 2.45) is 0 Å². The van der Waals surface area contributed by atoms with Gasteiger partial charge in [0.1, 0.15) is 0 Å². The zero-order valence-electron chi connectivity index (χ0n) is 13.9. The van der Waals surface area contributed by atoms with E-state index < -0.39 is 11.9 Å². The Balaban J connectivity index is 2.15. The zero-order valence-corrected chi connectivity index (χ0v) is 14.8. The molecule has 0 aliphatic carbocycles. The quantitative estimate of drug-likeness (QED) is 0.447. The van der Waals surface area contributed by atoms with Gasteiger partial charge in [0.05, 0.1) is 16.7 Å². The van der Waals surface area contributed by atoms with Crippen LogP contribution in [0.25, 0.3) is 10.9 Å². The first-order valence-corrected chi connectivity index (χ1v) is 8.86. The summed E-state index contributed by atoms with van der Waals surface area (Å²) in [6.45, 7) is 6.23. The van der Waals surface area contributed by atoms with E-state index in [2.05, 4.69) is 22.2 Å². The molecule has 0 aliphatic rings. The van der Waals surface area contributed by atoms with Crippen molar-refractivity contribution in [3.05, 3.63) is 47.3 Å². The van der Waals surface area contributed by atoms with Gasteiger partial charge in [-0.15, -0.1) is 6.58 Å². The molecule has 25 heavy (non-hydrogen) atoms. The summed E-state index contributed by atoms with van der Waals surface area (Å²) in [7, 11) is 0. The van der Waals surface area contributed by atoms with Gasteiger partial charge >= 0.3 is 6.03 Å². The number of benzene rings is 1. The average Bonchev–Trinajstić information content (AvgIpc) is 2.61. The predicted octanol–water partition coefficient (Wildman–Crippen LogP) is 1.91. The number of para-hydroxylation sites is 1. The van der Waals surface area contributed by atoms with Crippen molar-refractivity contribution in [1.82, 2.24) is 20.2 Å². The molecule has 132 valence electrons. The number of amides is 3. The summed E-state index contributed by atoms with van der Waals surface area (Å²) in [6.07, 6.45) is 2.28. The number of imide groups is 1. The standard InChI is InChI=1S/C17H20N4O3S/c1-3-9-18-16(24)20-14(22)11-25-17-19-13-8-6-5-7-12(13)15(23)21(17)10-4-2/h3,5-8H,1,4,9-11H2,2H3,(H2,18,20,22,24). The Morgan fingerprint density at radius 3 is 2.84 bits per heavy atom. The molecule has 2 aromatic rings. The van der Waals surface area contributed by atoms with Crippen LogP contribution in [0.15, 0.2) is 46.9 Å². The number of thioether (sulfide) groups is 1. The van der Waals surface area contributed by atoms with E-state index in [9.17, 15) is 14.4 Å². The van der Waals surface area contributed by atoms with Crippen LogP contribution < -0.4 is 16.2 Å². The Morgan fingerprint density at radius 1 is 1.36 bits per heavy atom. The van der Waals surface area contributed by atoms with E-state index >= 15 is 0 Å². The number of hydrogen-bond donors (Lipinski definition) is 2. The maximum Gasteiger partial charge on any atom is 0.321 e. The van der Waals surface area contributed by atoms with Gasteiger partial charge in [0.25, 0.3) is 5.56 Å². The maximum absolute atomic E-state index is 12.6. The molecule has 0 spiro atoms. The molecular formula is C17H20N4O3S. The molecule has 0 radical (unpaired) electrons. The maximum atomic E-state index is 12.6. The molecule has 1 heterocycles. The lowest BCUT2D eigenvalue weighted by Crippen LogP contribution is -2.40. The van der Waals surface area contributed by atoms with Crippen molar-refractivity contribution in [1.29, 1.82) is 0 Å². The summed E-state index contributed by atoms with van der Waals surface area (Å²) in [5.74, 6) is -0.479. The molecular weight excluding hydrogens is 340 g/mol. The highest BCUT2D eigenvalue weighted by Gasteiger charge is 2.13. The molecule has 2 rings (SSSR count). The Kier molecular flexibility index (Phi) is 6.76. The van der Waals surface area contributed by atoms with Gasteiger partial charge in [-0.2, -0.15) is 0 Å². The zero-order chi connectivity index (χ0) is 18.2. The molecule has 0 unspecified atom stereocenters. The van der Waals surface area contributed by atoms with Gasteiger partial charge in [0, 0.05) is 13.1 Å². The first kappa shape index (κ1) is 18.7. The fraction of sp³-hybridized carbons (Fsp3) is 0.294. The van der Waals surface area contributed by atoms with Gasteiger partial charge in [-0.05, 0) is 18.6 Å². The summed E-state index contributed by atoms with van der Waals surface area (Å²) in [4.78, 5) is 40.4. The lowest BCUT2D eigenvalue weighted by Gasteiger charge is -2.12. The summed E-state index contributed by atoms with van der Waals surface area (Å²) >= 11 is 1.13. The van der Waals surface area contributed by atoms with Gasteiger partial charge < -0.3 is 5.32 Å². The average molecular weight is 360 g/mol. The Labute approximate surface area is 149 Å². The lowest BCUT2D eigenvalue weighted by atomic mass is 10.2. The smallest absolute Gasteiger partial charge is 0.321 e. The van der Waals surface area contributed by atoms with Crippen LogP contribution in [-0.2, 0) is 11.3 Å². The molecule has 1 aromatic carbocycles. The summed E-state index contributed by atoms with van der Waals surface area (Å²) in [5.41, 5.74) is 0.463. The predicted molar refractivity (Wildman–Crippen MR) is 98.8 cm³/mol. The van der Waals surface area contributed by atoms with Crippen molar-refractivity contribution in [2.45, 2.75) is 25.0 Å². The first-order valence-electron chi connectivity index (χ1n) is 7.87. The number of aromatic nitrogens is 2. The van der Waals surface area contributed by atoms with Gasteiger partial charge in [-0.1, -0.05) is 36.9 Å². The van der Waals surface area contributed by atoms with Gasteiger partial charge in [-0.25, -0.2) is 9.78 Å². The van der Waals surface area contributed by atoms with Crippen LogP contribution in [0.3, 0.4) is 0 Å². The highest BCUT2D eigenvalue weighted by atomic mass is 32.2. The summed E-state index contributed by atoms with van der Waals surface area (Å²) in [5, 5.41) is 5.69. The van der Waals surface area contributed by atoms with Crippen LogP contribution in [0, 0.1) is 0 Å². The minimum absolute atomic E-state index is 0.0179. The number of nitrogens with zero attached hydrogens (tertiary/aromatic N) is 2. The van der Waals surface area contributed by atoms with Crippen molar-refractivity contribution in [3.63, 3.8) is 0 Å². The van der Waals surface area contributed by atoms with Crippen LogP contribution in [0.2, 0.25) is 0 Å². The summed E-state index contributed by atoms with van der Waals surface area (Å²) < 4.78 is 1.57. The van der Waals surface area contributed by atoms with E-state index in [1.807, 2.05) is 13.0 Å². The fourth-order valence-electron chi connectivity index (χ4n) is 2.18.